The molecule has 0 radical (unpaired) electrons. The van der Waals surface area contributed by atoms with Crippen LogP contribution in [0, 0.1) is 0 Å². The van der Waals surface area contributed by atoms with E-state index >= 15 is 0 Å². The normalized spacial score (nSPS) is 11.0. The van der Waals surface area contributed by atoms with Gasteiger partial charge in [0, 0.05) is 29.4 Å². The summed E-state index contributed by atoms with van der Waals surface area (Å²) >= 11 is 1.57. The molecule has 0 aliphatic rings. The highest BCUT2D eigenvalue weighted by Crippen LogP contribution is 2.44. The molecular formula is C17H13N3O2S. The number of fused-ring (bicyclic) bond motifs is 1. The van der Waals surface area contributed by atoms with Crippen LogP contribution in [0.15, 0.2) is 59.0 Å². The number of benzene rings is 1. The number of nitrogens with one attached hydrogen (secondary N) is 1. The second kappa shape index (κ2) is 5.40. The minimum atomic E-state index is -0.139. The van der Waals surface area contributed by atoms with Gasteiger partial charge in [0.05, 0.1) is 17.6 Å². The van der Waals surface area contributed by atoms with Crippen molar-refractivity contribution in [3.63, 3.8) is 0 Å². The zero-order valence-corrected chi connectivity index (χ0v) is 13.1. The molecule has 0 bridgehead atoms. The Morgan fingerprint density at radius 2 is 2.00 bits per heavy atom. The number of hydrogen-bond donors (Lipinski definition) is 1. The van der Waals surface area contributed by atoms with Crippen LogP contribution in [0.1, 0.15) is 0 Å². The monoisotopic (exact) mass is 323 g/mol. The van der Waals surface area contributed by atoms with Crippen LogP contribution in [-0.2, 0) is 0 Å². The van der Waals surface area contributed by atoms with E-state index in [4.69, 9.17) is 4.74 Å². The van der Waals surface area contributed by atoms with Crippen LogP contribution < -0.4 is 10.3 Å². The molecule has 3 aromatic heterocycles. The molecule has 0 atom stereocenters. The smallest absolute Gasteiger partial charge is 0.272 e. The Hall–Kier alpha value is -2.86. The Morgan fingerprint density at radius 1 is 1.17 bits per heavy atom. The van der Waals surface area contributed by atoms with Gasteiger partial charge >= 0.3 is 0 Å². The molecule has 0 fully saturated rings. The van der Waals surface area contributed by atoms with Crippen LogP contribution in [0.3, 0.4) is 0 Å². The Labute approximate surface area is 135 Å². The average Bonchev–Trinajstić information content (AvgIpc) is 3.19. The summed E-state index contributed by atoms with van der Waals surface area (Å²) in [6.07, 6.45) is 3.31. The number of methoxy groups -OCH3 is 1. The highest BCUT2D eigenvalue weighted by atomic mass is 32.1. The minimum Gasteiger partial charge on any atom is -0.495 e. The van der Waals surface area contributed by atoms with Crippen LogP contribution in [0.4, 0.5) is 0 Å². The molecule has 0 spiro atoms. The number of H-pyrrole nitrogens is 1. The molecule has 1 aromatic carbocycles. The predicted molar refractivity (Wildman–Crippen MR) is 91.1 cm³/mol. The van der Waals surface area contributed by atoms with Crippen LogP contribution >= 0.6 is 11.3 Å². The first kappa shape index (κ1) is 13.8. The fourth-order valence-electron chi connectivity index (χ4n) is 2.64. The summed E-state index contributed by atoms with van der Waals surface area (Å²) in [5, 5.41) is 5.01. The number of aromatic nitrogens is 3. The minimum absolute atomic E-state index is 0.139. The number of ether oxygens (including phenoxy) is 1. The van der Waals surface area contributed by atoms with Crippen LogP contribution in [0.5, 0.6) is 5.75 Å². The quantitative estimate of drug-likeness (QED) is 0.628. The fourth-order valence-corrected chi connectivity index (χ4v) is 3.69. The first-order valence-corrected chi connectivity index (χ1v) is 7.94. The molecule has 4 rings (SSSR count). The molecule has 23 heavy (non-hydrogen) atoms. The van der Waals surface area contributed by atoms with Crippen molar-refractivity contribution in [3.8, 4) is 27.3 Å². The van der Waals surface area contributed by atoms with E-state index in [1.807, 2.05) is 30.3 Å². The molecule has 0 unspecified atom stereocenters. The molecular weight excluding hydrogens is 310 g/mol. The van der Waals surface area contributed by atoms with Crippen molar-refractivity contribution in [2.75, 3.05) is 7.11 Å². The number of thiophene rings is 1. The maximum Gasteiger partial charge on any atom is 0.272 e. The van der Waals surface area contributed by atoms with Crippen molar-refractivity contribution in [3.05, 3.63) is 64.5 Å². The van der Waals surface area contributed by atoms with E-state index in [0.29, 0.717) is 5.65 Å². The molecule has 4 aromatic rings. The van der Waals surface area contributed by atoms with Crippen LogP contribution in [0.2, 0.25) is 0 Å². The van der Waals surface area contributed by atoms with Gasteiger partial charge < -0.3 is 4.74 Å². The zero-order valence-electron chi connectivity index (χ0n) is 12.3. The molecule has 6 heteroatoms. The lowest BCUT2D eigenvalue weighted by atomic mass is 10.1. The third kappa shape index (κ3) is 2.15. The summed E-state index contributed by atoms with van der Waals surface area (Å²) in [6, 6.07) is 11.5. The van der Waals surface area contributed by atoms with E-state index in [0.717, 1.165) is 27.3 Å². The Kier molecular flexibility index (Phi) is 3.24. The van der Waals surface area contributed by atoms with Crippen molar-refractivity contribution < 1.29 is 4.74 Å². The maximum absolute atomic E-state index is 11.9. The Morgan fingerprint density at radius 3 is 2.78 bits per heavy atom. The summed E-state index contributed by atoms with van der Waals surface area (Å²) in [5.74, 6) is 0.792. The van der Waals surface area contributed by atoms with Crippen molar-refractivity contribution in [2.24, 2.45) is 0 Å². The predicted octanol–water partition coefficient (Wildman–Crippen LogP) is 3.43. The van der Waals surface area contributed by atoms with E-state index < -0.39 is 0 Å². The number of nitrogens with zero attached hydrogens (tertiary/aromatic N) is 2. The molecule has 114 valence electrons. The molecule has 3 heterocycles. The lowest BCUT2D eigenvalue weighted by molar-refractivity contribution is 0.420. The first-order chi connectivity index (χ1) is 11.3. The molecule has 0 saturated carbocycles. The van der Waals surface area contributed by atoms with E-state index in [1.165, 1.54) is 16.8 Å². The number of hydrogen-bond acceptors (Lipinski definition) is 4. The average molecular weight is 323 g/mol. The van der Waals surface area contributed by atoms with Crippen LogP contribution in [0.25, 0.3) is 27.2 Å². The second-order valence-electron chi connectivity index (χ2n) is 5.01. The van der Waals surface area contributed by atoms with Crippen molar-refractivity contribution in [1.29, 1.82) is 0 Å². The summed E-state index contributed by atoms with van der Waals surface area (Å²) in [5.41, 5.74) is 3.44. The zero-order chi connectivity index (χ0) is 15.8. The Balaban J connectivity index is 1.94. The lowest BCUT2D eigenvalue weighted by Crippen LogP contribution is -2.12. The van der Waals surface area contributed by atoms with E-state index in [-0.39, 0.29) is 5.56 Å². The van der Waals surface area contributed by atoms with E-state index in [9.17, 15) is 4.79 Å². The molecule has 1 N–H and O–H groups in total. The van der Waals surface area contributed by atoms with Gasteiger partial charge in [0.25, 0.3) is 5.56 Å². The third-order valence-corrected chi connectivity index (χ3v) is 4.70. The highest BCUT2D eigenvalue weighted by Gasteiger charge is 2.19. The second-order valence-corrected chi connectivity index (χ2v) is 5.89. The lowest BCUT2D eigenvalue weighted by Gasteiger charge is -2.05. The standard InChI is InChI=1S/C17H13N3O2S/c1-22-15-13(11-5-3-2-4-6-11)10-23-16(15)12-9-19-20-14(21)7-8-18-17(12)20/h2-10,19H,1H3. The van der Waals surface area contributed by atoms with Crippen LogP contribution in [-0.4, -0.2) is 21.7 Å². The molecule has 0 amide bonds. The molecule has 5 nitrogen and oxygen atoms in total. The largest absolute Gasteiger partial charge is 0.495 e. The number of rotatable bonds is 3. The van der Waals surface area contributed by atoms with Crippen molar-refractivity contribution >= 4 is 17.0 Å². The van der Waals surface area contributed by atoms with Gasteiger partial charge in [-0.2, -0.15) is 0 Å². The maximum atomic E-state index is 11.9. The SMILES string of the molecule is COc1c(-c2ccccc2)csc1-c1c[nH]n2c(=O)ccnc12. The third-order valence-electron chi connectivity index (χ3n) is 3.70. The summed E-state index contributed by atoms with van der Waals surface area (Å²) in [6.45, 7) is 0. The molecule has 0 aliphatic carbocycles. The Bertz CT molecular complexity index is 1030. The van der Waals surface area contributed by atoms with Gasteiger partial charge in [-0.3, -0.25) is 9.89 Å². The van der Waals surface area contributed by atoms with Gasteiger partial charge in [-0.25, -0.2) is 9.50 Å². The van der Waals surface area contributed by atoms with E-state index in [1.54, 1.807) is 24.6 Å². The van der Waals surface area contributed by atoms with E-state index in [2.05, 4.69) is 15.5 Å². The summed E-state index contributed by atoms with van der Waals surface area (Å²) in [4.78, 5) is 17.1. The molecule has 0 saturated heterocycles. The topological polar surface area (TPSA) is 59.4 Å². The number of aromatic amines is 1. The first-order valence-electron chi connectivity index (χ1n) is 7.06. The fraction of sp³-hybridized carbons (Fsp3) is 0.0588. The molecule has 0 aliphatic heterocycles. The van der Waals surface area contributed by atoms with Gasteiger partial charge in [0.2, 0.25) is 0 Å². The van der Waals surface area contributed by atoms with Gasteiger partial charge in [-0.15, -0.1) is 11.3 Å². The summed E-state index contributed by atoms with van der Waals surface area (Å²) < 4.78 is 7.08. The van der Waals surface area contributed by atoms with Crippen molar-refractivity contribution in [2.45, 2.75) is 0 Å². The van der Waals surface area contributed by atoms with Gasteiger partial charge in [-0.05, 0) is 5.56 Å². The van der Waals surface area contributed by atoms with Crippen molar-refractivity contribution in [1.82, 2.24) is 14.6 Å². The van der Waals surface area contributed by atoms with Gasteiger partial charge in [-0.1, -0.05) is 30.3 Å². The van der Waals surface area contributed by atoms with Gasteiger partial charge in [0.15, 0.2) is 5.65 Å². The van der Waals surface area contributed by atoms with Gasteiger partial charge in [0.1, 0.15) is 5.75 Å². The summed E-state index contributed by atoms with van der Waals surface area (Å²) in [7, 11) is 1.66. The highest BCUT2D eigenvalue weighted by molar-refractivity contribution is 7.14.